The summed E-state index contributed by atoms with van der Waals surface area (Å²) < 4.78 is 4.88. The first-order chi connectivity index (χ1) is 8.22. The number of hydrogen-bond donors (Lipinski definition) is 1. The van der Waals surface area contributed by atoms with Gasteiger partial charge >= 0.3 is 5.97 Å². The highest BCUT2D eigenvalue weighted by molar-refractivity contribution is 5.85. The SMILES string of the molecule is CCOC(=O)[C@H](N)CC1=C[N]c2ccccc21.Cl. The molecule has 0 aromatic heterocycles. The molecule has 5 heteroatoms. The number of halogens is 1. The normalized spacial score (nSPS) is 13.8. The fourth-order valence-corrected chi connectivity index (χ4v) is 1.81. The smallest absolute Gasteiger partial charge is 0.323 e. The molecule has 0 unspecified atom stereocenters. The number of nitrogens with zero attached hydrogens (tertiary/aromatic N) is 1. The van der Waals surface area contributed by atoms with E-state index in [1.807, 2.05) is 24.3 Å². The Bertz CT molecular complexity index is 460. The van der Waals surface area contributed by atoms with Crippen molar-refractivity contribution >= 4 is 29.6 Å². The van der Waals surface area contributed by atoms with Crippen LogP contribution in [0.1, 0.15) is 18.9 Å². The largest absolute Gasteiger partial charge is 0.465 e. The summed E-state index contributed by atoms with van der Waals surface area (Å²) in [5.74, 6) is -0.363. The summed E-state index contributed by atoms with van der Waals surface area (Å²) >= 11 is 0. The quantitative estimate of drug-likeness (QED) is 0.849. The molecule has 97 valence electrons. The van der Waals surface area contributed by atoms with E-state index in [0.29, 0.717) is 13.0 Å². The standard InChI is InChI=1S/C13H15N2O2.ClH/c1-2-17-13(16)11(14)7-9-8-15-12-6-4-3-5-10(9)12;/h3-6,8,11H,2,7,14H2,1H3;1H/t11-;/m1./s1. The van der Waals surface area contributed by atoms with Gasteiger partial charge in [-0.05, 0) is 18.6 Å². The number of benzene rings is 1. The molecule has 4 nitrogen and oxygen atoms in total. The Morgan fingerprint density at radius 1 is 1.44 bits per heavy atom. The summed E-state index contributed by atoms with van der Waals surface area (Å²) in [5.41, 5.74) is 8.75. The minimum atomic E-state index is -0.623. The fourth-order valence-electron chi connectivity index (χ4n) is 1.81. The lowest BCUT2D eigenvalue weighted by Gasteiger charge is -2.11. The van der Waals surface area contributed by atoms with Gasteiger partial charge in [0.1, 0.15) is 6.04 Å². The Balaban J connectivity index is 0.00000162. The van der Waals surface area contributed by atoms with Crippen molar-refractivity contribution in [3.8, 4) is 0 Å². The molecule has 1 aliphatic heterocycles. The van der Waals surface area contributed by atoms with Gasteiger partial charge in [-0.25, -0.2) is 0 Å². The molecule has 2 N–H and O–H groups in total. The van der Waals surface area contributed by atoms with E-state index in [4.69, 9.17) is 10.5 Å². The maximum absolute atomic E-state index is 11.4. The first-order valence-electron chi connectivity index (χ1n) is 5.64. The van der Waals surface area contributed by atoms with Gasteiger partial charge in [0.25, 0.3) is 0 Å². The summed E-state index contributed by atoms with van der Waals surface area (Å²) in [6.07, 6.45) is 2.23. The van der Waals surface area contributed by atoms with Crippen molar-refractivity contribution in [2.75, 3.05) is 6.61 Å². The predicted octanol–water partition coefficient (Wildman–Crippen LogP) is 1.98. The zero-order chi connectivity index (χ0) is 12.3. The van der Waals surface area contributed by atoms with Crippen LogP contribution in [0.4, 0.5) is 5.69 Å². The van der Waals surface area contributed by atoms with Crippen LogP contribution in [-0.4, -0.2) is 18.6 Å². The second-order valence-electron chi connectivity index (χ2n) is 3.86. The highest BCUT2D eigenvalue weighted by Crippen LogP contribution is 2.32. The Labute approximate surface area is 113 Å². The number of carbonyl (C=O) groups excluding carboxylic acids is 1. The predicted molar refractivity (Wildman–Crippen MR) is 72.7 cm³/mol. The highest BCUT2D eigenvalue weighted by Gasteiger charge is 2.21. The number of para-hydroxylation sites is 1. The van der Waals surface area contributed by atoms with Crippen LogP contribution in [0.3, 0.4) is 0 Å². The zero-order valence-electron chi connectivity index (χ0n) is 10.1. The summed E-state index contributed by atoms with van der Waals surface area (Å²) in [5, 5.41) is 4.27. The molecule has 1 atom stereocenters. The summed E-state index contributed by atoms with van der Waals surface area (Å²) in [4.78, 5) is 11.4. The molecule has 0 saturated carbocycles. The molecular weight excluding hydrogens is 252 g/mol. The molecule has 1 heterocycles. The Kier molecular flexibility index (Phi) is 5.19. The second-order valence-corrected chi connectivity index (χ2v) is 3.86. The Morgan fingerprint density at radius 2 is 2.17 bits per heavy atom. The van der Waals surface area contributed by atoms with Gasteiger partial charge in [0.15, 0.2) is 0 Å². The van der Waals surface area contributed by atoms with E-state index >= 15 is 0 Å². The van der Waals surface area contributed by atoms with Crippen molar-refractivity contribution < 1.29 is 9.53 Å². The van der Waals surface area contributed by atoms with Gasteiger partial charge in [-0.1, -0.05) is 18.2 Å². The molecule has 2 rings (SSSR count). The Hall–Kier alpha value is -1.52. The molecule has 0 spiro atoms. The van der Waals surface area contributed by atoms with Gasteiger partial charge in [0, 0.05) is 18.2 Å². The maximum atomic E-state index is 11.4. The van der Waals surface area contributed by atoms with Crippen LogP contribution in [0.5, 0.6) is 0 Å². The van der Waals surface area contributed by atoms with Gasteiger partial charge in [0.2, 0.25) is 0 Å². The second kappa shape index (κ2) is 6.42. The van der Waals surface area contributed by atoms with E-state index in [2.05, 4.69) is 5.32 Å². The molecule has 0 amide bonds. The van der Waals surface area contributed by atoms with Crippen molar-refractivity contribution in [2.24, 2.45) is 5.73 Å². The first kappa shape index (κ1) is 14.5. The van der Waals surface area contributed by atoms with Crippen LogP contribution in [0.15, 0.2) is 30.5 Å². The molecule has 0 saturated heterocycles. The van der Waals surface area contributed by atoms with E-state index in [1.165, 1.54) is 0 Å². The van der Waals surface area contributed by atoms with Crippen molar-refractivity contribution in [1.82, 2.24) is 5.32 Å². The average molecular weight is 268 g/mol. The van der Waals surface area contributed by atoms with Gasteiger partial charge in [-0.2, -0.15) is 0 Å². The monoisotopic (exact) mass is 267 g/mol. The lowest BCUT2D eigenvalue weighted by molar-refractivity contribution is -0.144. The lowest BCUT2D eigenvalue weighted by Crippen LogP contribution is -2.32. The van der Waals surface area contributed by atoms with E-state index in [0.717, 1.165) is 16.8 Å². The van der Waals surface area contributed by atoms with Crippen molar-refractivity contribution in [1.29, 1.82) is 0 Å². The third kappa shape index (κ3) is 3.03. The third-order valence-corrected chi connectivity index (χ3v) is 2.64. The lowest BCUT2D eigenvalue weighted by atomic mass is 10.0. The van der Waals surface area contributed by atoms with E-state index in [1.54, 1.807) is 13.1 Å². The van der Waals surface area contributed by atoms with Crippen molar-refractivity contribution in [2.45, 2.75) is 19.4 Å². The fraction of sp³-hybridized carbons (Fsp3) is 0.308. The number of ether oxygens (including phenoxy) is 1. The average Bonchev–Trinajstić information content (AvgIpc) is 2.73. The molecule has 1 aromatic carbocycles. The molecule has 1 aliphatic rings. The Morgan fingerprint density at radius 3 is 2.89 bits per heavy atom. The minimum absolute atomic E-state index is 0. The van der Waals surface area contributed by atoms with E-state index < -0.39 is 6.04 Å². The number of rotatable bonds is 4. The van der Waals surface area contributed by atoms with Crippen molar-refractivity contribution in [3.05, 3.63) is 36.0 Å². The maximum Gasteiger partial charge on any atom is 0.323 e. The van der Waals surface area contributed by atoms with Gasteiger partial charge < -0.3 is 10.5 Å². The third-order valence-electron chi connectivity index (χ3n) is 2.64. The molecule has 18 heavy (non-hydrogen) atoms. The van der Waals surface area contributed by atoms with Crippen LogP contribution in [0.25, 0.3) is 5.57 Å². The first-order valence-corrected chi connectivity index (χ1v) is 5.64. The van der Waals surface area contributed by atoms with Crippen LogP contribution >= 0.6 is 12.4 Å². The molecule has 0 fully saturated rings. The number of carbonyl (C=O) groups is 1. The summed E-state index contributed by atoms with van der Waals surface area (Å²) in [7, 11) is 0. The molecule has 0 aliphatic carbocycles. The van der Waals surface area contributed by atoms with Crippen LogP contribution in [0, 0.1) is 0 Å². The number of fused-ring (bicyclic) bond motifs is 1. The topological polar surface area (TPSA) is 66.4 Å². The van der Waals surface area contributed by atoms with Gasteiger partial charge in [-0.3, -0.25) is 10.1 Å². The molecule has 1 aromatic rings. The van der Waals surface area contributed by atoms with Gasteiger partial charge in [0.05, 0.1) is 12.3 Å². The summed E-state index contributed by atoms with van der Waals surface area (Å²) in [6, 6.07) is 7.18. The van der Waals surface area contributed by atoms with Crippen LogP contribution in [0.2, 0.25) is 0 Å². The molecule has 0 bridgehead atoms. The highest BCUT2D eigenvalue weighted by atomic mass is 35.5. The van der Waals surface area contributed by atoms with Crippen molar-refractivity contribution in [3.63, 3.8) is 0 Å². The molecular formula is C13H16ClN2O2. The van der Waals surface area contributed by atoms with E-state index in [9.17, 15) is 4.79 Å². The number of hydrogen-bond acceptors (Lipinski definition) is 3. The molecule has 1 radical (unpaired) electrons. The van der Waals surface area contributed by atoms with Crippen LogP contribution in [-0.2, 0) is 9.53 Å². The number of nitrogens with two attached hydrogens (primary N) is 1. The van der Waals surface area contributed by atoms with Gasteiger partial charge in [-0.15, -0.1) is 12.4 Å². The van der Waals surface area contributed by atoms with E-state index in [-0.39, 0.29) is 18.4 Å². The number of esters is 1. The summed E-state index contributed by atoms with van der Waals surface area (Å²) in [6.45, 7) is 2.12. The zero-order valence-corrected chi connectivity index (χ0v) is 10.9. The van der Waals surface area contributed by atoms with Crippen LogP contribution < -0.4 is 11.1 Å². The minimum Gasteiger partial charge on any atom is -0.465 e.